The Bertz CT molecular complexity index is 303. The molecule has 1 aliphatic heterocycles. The van der Waals surface area contributed by atoms with Gasteiger partial charge < -0.3 is 15.2 Å². The minimum absolute atomic E-state index is 0.0962. The van der Waals surface area contributed by atoms with Crippen LogP contribution in [0.2, 0.25) is 0 Å². The van der Waals surface area contributed by atoms with E-state index >= 15 is 0 Å². The predicted molar refractivity (Wildman–Crippen MR) is 67.2 cm³/mol. The van der Waals surface area contributed by atoms with E-state index in [1.807, 2.05) is 20.8 Å². The van der Waals surface area contributed by atoms with Gasteiger partial charge in [0.05, 0.1) is 12.0 Å². The average molecular weight is 257 g/mol. The highest BCUT2D eigenvalue weighted by Crippen LogP contribution is 2.27. The van der Waals surface area contributed by atoms with Gasteiger partial charge in [0.2, 0.25) is 5.91 Å². The van der Waals surface area contributed by atoms with Crippen molar-refractivity contribution < 1.29 is 19.4 Å². The van der Waals surface area contributed by atoms with Crippen molar-refractivity contribution in [2.75, 3.05) is 6.61 Å². The monoisotopic (exact) mass is 257 g/mol. The fourth-order valence-corrected chi connectivity index (χ4v) is 2.37. The van der Waals surface area contributed by atoms with Crippen LogP contribution in [0.4, 0.5) is 0 Å². The molecule has 0 radical (unpaired) electrons. The molecule has 3 atom stereocenters. The Morgan fingerprint density at radius 1 is 1.44 bits per heavy atom. The van der Waals surface area contributed by atoms with E-state index in [-0.39, 0.29) is 23.8 Å². The van der Waals surface area contributed by atoms with E-state index in [9.17, 15) is 9.59 Å². The number of carbonyl (C=O) groups is 2. The van der Waals surface area contributed by atoms with Crippen molar-refractivity contribution in [2.24, 2.45) is 11.8 Å². The van der Waals surface area contributed by atoms with Crippen LogP contribution in [0.1, 0.15) is 40.0 Å². The molecule has 104 valence electrons. The summed E-state index contributed by atoms with van der Waals surface area (Å²) in [4.78, 5) is 23.1. The highest BCUT2D eigenvalue weighted by Gasteiger charge is 2.37. The van der Waals surface area contributed by atoms with E-state index < -0.39 is 12.0 Å². The van der Waals surface area contributed by atoms with E-state index in [2.05, 4.69) is 5.32 Å². The lowest BCUT2D eigenvalue weighted by Gasteiger charge is -2.23. The van der Waals surface area contributed by atoms with Crippen LogP contribution in [-0.2, 0) is 14.3 Å². The Morgan fingerprint density at radius 3 is 2.61 bits per heavy atom. The van der Waals surface area contributed by atoms with E-state index in [1.165, 1.54) is 0 Å². The fraction of sp³-hybridized carbons (Fsp3) is 0.846. The first-order chi connectivity index (χ1) is 8.47. The molecule has 2 N–H and O–H groups in total. The number of ether oxygens (including phenoxy) is 1. The molecule has 3 unspecified atom stereocenters. The zero-order chi connectivity index (χ0) is 13.7. The molecule has 5 nitrogen and oxygen atoms in total. The number of aliphatic carboxylic acids is 1. The first-order valence-corrected chi connectivity index (χ1v) is 6.62. The van der Waals surface area contributed by atoms with Crippen LogP contribution < -0.4 is 5.32 Å². The quantitative estimate of drug-likeness (QED) is 0.754. The molecule has 0 saturated carbocycles. The number of carboxylic acids is 1. The van der Waals surface area contributed by atoms with Crippen molar-refractivity contribution in [3.05, 3.63) is 0 Å². The van der Waals surface area contributed by atoms with Gasteiger partial charge in [0, 0.05) is 6.61 Å². The molecule has 0 spiro atoms. The summed E-state index contributed by atoms with van der Waals surface area (Å²) >= 11 is 0. The normalized spacial score (nSPS) is 25.1. The van der Waals surface area contributed by atoms with Gasteiger partial charge in [-0.1, -0.05) is 27.2 Å². The van der Waals surface area contributed by atoms with Gasteiger partial charge in [-0.15, -0.1) is 0 Å². The molecule has 0 bridgehead atoms. The standard InChI is InChI=1S/C13H23NO4/c1-4-5-10(13(16)17)14-12(15)9-6-7-18-11(9)8(2)3/h8-11H,4-7H2,1-3H3,(H,14,15)(H,16,17). The van der Waals surface area contributed by atoms with Crippen molar-refractivity contribution in [2.45, 2.75) is 52.2 Å². The highest BCUT2D eigenvalue weighted by atomic mass is 16.5. The third-order valence-electron chi connectivity index (χ3n) is 3.32. The molecule has 1 rings (SSSR count). The summed E-state index contributed by atoms with van der Waals surface area (Å²) in [5.41, 5.74) is 0. The average Bonchev–Trinajstić information content (AvgIpc) is 2.77. The van der Waals surface area contributed by atoms with Crippen LogP contribution in [0.5, 0.6) is 0 Å². The number of hydrogen-bond donors (Lipinski definition) is 2. The van der Waals surface area contributed by atoms with Gasteiger partial charge in [0.15, 0.2) is 0 Å². The SMILES string of the molecule is CCCC(NC(=O)C1CCOC1C(C)C)C(=O)O. The molecule has 1 amide bonds. The van der Waals surface area contributed by atoms with Crippen molar-refractivity contribution in [3.63, 3.8) is 0 Å². The molecule has 1 heterocycles. The third-order valence-corrected chi connectivity index (χ3v) is 3.32. The Labute approximate surface area is 108 Å². The van der Waals surface area contributed by atoms with E-state index in [0.29, 0.717) is 19.4 Å². The minimum atomic E-state index is -0.967. The Kier molecular flexibility index (Phi) is 5.59. The van der Waals surface area contributed by atoms with Gasteiger partial charge in [0.25, 0.3) is 0 Å². The van der Waals surface area contributed by atoms with Crippen molar-refractivity contribution >= 4 is 11.9 Å². The van der Waals surface area contributed by atoms with Crippen molar-refractivity contribution in [1.29, 1.82) is 0 Å². The zero-order valence-corrected chi connectivity index (χ0v) is 11.3. The molecular weight excluding hydrogens is 234 g/mol. The van der Waals surface area contributed by atoms with Crippen LogP contribution in [-0.4, -0.2) is 35.7 Å². The van der Waals surface area contributed by atoms with Crippen LogP contribution in [0, 0.1) is 11.8 Å². The molecule has 1 saturated heterocycles. The summed E-state index contributed by atoms with van der Waals surface area (Å²) < 4.78 is 5.54. The maximum absolute atomic E-state index is 12.1. The maximum Gasteiger partial charge on any atom is 0.326 e. The topological polar surface area (TPSA) is 75.6 Å². The largest absolute Gasteiger partial charge is 0.480 e. The van der Waals surface area contributed by atoms with E-state index in [0.717, 1.165) is 6.42 Å². The van der Waals surface area contributed by atoms with Gasteiger partial charge in [-0.05, 0) is 18.8 Å². The van der Waals surface area contributed by atoms with Gasteiger partial charge in [-0.25, -0.2) is 4.79 Å². The molecule has 1 aliphatic rings. The summed E-state index contributed by atoms with van der Waals surface area (Å²) in [7, 11) is 0. The lowest BCUT2D eigenvalue weighted by molar-refractivity contribution is -0.143. The lowest BCUT2D eigenvalue weighted by atomic mass is 9.92. The van der Waals surface area contributed by atoms with Crippen LogP contribution in [0.15, 0.2) is 0 Å². The minimum Gasteiger partial charge on any atom is -0.480 e. The zero-order valence-electron chi connectivity index (χ0n) is 11.3. The Hall–Kier alpha value is -1.10. The van der Waals surface area contributed by atoms with Crippen LogP contribution >= 0.6 is 0 Å². The van der Waals surface area contributed by atoms with E-state index in [1.54, 1.807) is 0 Å². The summed E-state index contributed by atoms with van der Waals surface area (Å²) in [6.07, 6.45) is 1.77. The second kappa shape index (κ2) is 6.73. The predicted octanol–water partition coefficient (Wildman–Crippen LogP) is 1.42. The maximum atomic E-state index is 12.1. The molecule has 0 aromatic rings. The summed E-state index contributed by atoms with van der Waals surface area (Å²) in [6, 6.07) is -0.782. The first kappa shape index (κ1) is 15.0. The summed E-state index contributed by atoms with van der Waals surface area (Å²) in [5, 5.41) is 11.7. The summed E-state index contributed by atoms with van der Waals surface area (Å²) in [5.74, 6) is -1.11. The molecular formula is C13H23NO4. The smallest absolute Gasteiger partial charge is 0.326 e. The number of carbonyl (C=O) groups excluding carboxylic acids is 1. The number of rotatable bonds is 6. The van der Waals surface area contributed by atoms with Crippen LogP contribution in [0.3, 0.4) is 0 Å². The first-order valence-electron chi connectivity index (χ1n) is 6.62. The molecule has 1 fully saturated rings. The van der Waals surface area contributed by atoms with Crippen LogP contribution in [0.25, 0.3) is 0 Å². The van der Waals surface area contributed by atoms with Gasteiger partial charge in [-0.3, -0.25) is 4.79 Å². The fourth-order valence-electron chi connectivity index (χ4n) is 2.37. The molecule has 0 aromatic heterocycles. The van der Waals surface area contributed by atoms with Gasteiger partial charge in [0.1, 0.15) is 6.04 Å². The van der Waals surface area contributed by atoms with Gasteiger partial charge >= 0.3 is 5.97 Å². The Morgan fingerprint density at radius 2 is 2.11 bits per heavy atom. The molecule has 18 heavy (non-hydrogen) atoms. The number of carboxylic acid groups (broad SMARTS) is 1. The highest BCUT2D eigenvalue weighted by molar-refractivity contribution is 5.85. The van der Waals surface area contributed by atoms with Crippen molar-refractivity contribution in [1.82, 2.24) is 5.32 Å². The number of amides is 1. The number of hydrogen-bond acceptors (Lipinski definition) is 3. The molecule has 0 aromatic carbocycles. The number of nitrogens with one attached hydrogen (secondary N) is 1. The van der Waals surface area contributed by atoms with Crippen molar-refractivity contribution in [3.8, 4) is 0 Å². The van der Waals surface area contributed by atoms with E-state index in [4.69, 9.17) is 9.84 Å². The Balaban J connectivity index is 2.60. The third kappa shape index (κ3) is 3.70. The second-order valence-electron chi connectivity index (χ2n) is 5.16. The second-order valence-corrected chi connectivity index (χ2v) is 5.16. The van der Waals surface area contributed by atoms with Gasteiger partial charge in [-0.2, -0.15) is 0 Å². The summed E-state index contributed by atoms with van der Waals surface area (Å²) in [6.45, 7) is 6.50. The molecule has 0 aliphatic carbocycles. The molecule has 5 heteroatoms. The lowest BCUT2D eigenvalue weighted by Crippen LogP contribution is -2.46.